The summed E-state index contributed by atoms with van der Waals surface area (Å²) >= 11 is 0. The van der Waals surface area contributed by atoms with Crippen LogP contribution in [0.4, 0.5) is 4.79 Å². The van der Waals surface area contributed by atoms with Gasteiger partial charge < -0.3 is 33.7 Å². The second kappa shape index (κ2) is 17.5. The number of amides is 1. The van der Waals surface area contributed by atoms with E-state index in [2.05, 4.69) is 0 Å². The van der Waals surface area contributed by atoms with Crippen LogP contribution in [0.3, 0.4) is 0 Å². The van der Waals surface area contributed by atoms with Gasteiger partial charge in [-0.05, 0) is 73.0 Å². The number of aliphatic hydroxyl groups excluding tert-OH is 1. The number of cyclic esters (lactones) is 1. The van der Waals surface area contributed by atoms with Crippen LogP contribution in [0.15, 0.2) is 42.5 Å². The molecule has 12 heteroatoms. The van der Waals surface area contributed by atoms with E-state index in [1.54, 1.807) is 39.5 Å². The van der Waals surface area contributed by atoms with Crippen molar-refractivity contribution in [1.82, 2.24) is 9.80 Å². The number of nitrogens with zero attached hydrogens (tertiary/aromatic N) is 2. The van der Waals surface area contributed by atoms with Crippen LogP contribution >= 0.6 is 0 Å². The van der Waals surface area contributed by atoms with Gasteiger partial charge in [-0.1, -0.05) is 70.2 Å². The highest BCUT2D eigenvalue weighted by atomic mass is 16.7. The molecule has 0 radical (unpaired) electrons. The number of ether oxygens (including phenoxy) is 5. The van der Waals surface area contributed by atoms with Crippen LogP contribution in [0.5, 0.6) is 0 Å². The van der Waals surface area contributed by atoms with Crippen LogP contribution in [-0.4, -0.2) is 120 Å². The minimum atomic E-state index is -1.40. The van der Waals surface area contributed by atoms with Crippen molar-refractivity contribution in [2.75, 3.05) is 27.7 Å². The fourth-order valence-electron chi connectivity index (χ4n) is 8.69. The average Bonchev–Trinajstić information content (AvgIpc) is 3.39. The molecule has 3 fully saturated rings. The Morgan fingerprint density at radius 3 is 2.25 bits per heavy atom. The second-order valence-corrected chi connectivity index (χ2v) is 16.0. The predicted octanol–water partition coefficient (Wildman–Crippen LogP) is 4.99. The SMILES string of the molecule is CC[C@@H]1OC(=O)[C@H](C)C(=O)[C@H](C)[C@@H](O[C@@H]2O[C@H](C)C[C@H](N(C)C)[C@H]2O)[C@](C)(OC)C[C@@H](C)C(=O)[C@@H](C)[C@H]2N(C/C=C/Cc3ccccc3)C(=O)O[C@]12C. The summed E-state index contributed by atoms with van der Waals surface area (Å²) in [4.78, 5) is 59.8. The first-order valence-corrected chi connectivity index (χ1v) is 19.1. The number of ketones is 2. The number of allylic oxidation sites excluding steroid dienone is 1. The molecule has 0 saturated carbocycles. The lowest BCUT2D eigenvalue weighted by Gasteiger charge is -2.47. The third-order valence-corrected chi connectivity index (χ3v) is 11.8. The van der Waals surface area contributed by atoms with Gasteiger partial charge in [-0.2, -0.15) is 0 Å². The minimum Gasteiger partial charge on any atom is -0.458 e. The van der Waals surface area contributed by atoms with Gasteiger partial charge in [0.2, 0.25) is 0 Å². The first-order valence-electron chi connectivity index (χ1n) is 19.1. The van der Waals surface area contributed by atoms with Crippen molar-refractivity contribution < 1.29 is 48.0 Å². The minimum absolute atomic E-state index is 0.135. The molecule has 0 bridgehead atoms. The van der Waals surface area contributed by atoms with Gasteiger partial charge in [-0.3, -0.25) is 19.3 Å². The largest absolute Gasteiger partial charge is 0.458 e. The van der Waals surface area contributed by atoms with Gasteiger partial charge in [0, 0.05) is 37.5 Å². The lowest BCUT2D eigenvalue weighted by molar-refractivity contribution is -0.295. The van der Waals surface area contributed by atoms with Gasteiger partial charge in [-0.15, -0.1) is 0 Å². The third-order valence-electron chi connectivity index (χ3n) is 11.8. The molecule has 0 spiro atoms. The summed E-state index contributed by atoms with van der Waals surface area (Å²) in [5.41, 5.74) is -1.54. The molecule has 1 aromatic carbocycles. The molecular weight excluding hydrogens is 680 g/mol. The molecule has 1 N–H and O–H groups in total. The Balaban J connectivity index is 1.74. The van der Waals surface area contributed by atoms with Gasteiger partial charge in [-0.25, -0.2) is 4.79 Å². The number of methoxy groups -OCH3 is 1. The standard InChI is InChI=1S/C41H62N2O10/c1-12-31-41(8)35(43(39(48)53-41)21-17-16-20-29-18-14-13-15-19-29)26(4)32(44)24(2)23-40(7,49-11)36(27(5)33(45)28(6)37(47)51-31)52-38-34(46)30(42(9)10)22-25(3)50-38/h13-19,24-28,30-31,34-36,38,46H,12,20-23H2,1-11H3/b17-16+/t24-,25-,26-,27+,28-,30+,31+,34-,35-,36-,38+,40-,41-/m1/s1. The number of Topliss-reactive ketones (excluding diaryl/α,β-unsaturated/α-hetero) is 2. The molecule has 53 heavy (non-hydrogen) atoms. The van der Waals surface area contributed by atoms with Gasteiger partial charge in [0.05, 0.1) is 23.9 Å². The van der Waals surface area contributed by atoms with Crippen molar-refractivity contribution in [3.05, 3.63) is 48.0 Å². The first-order chi connectivity index (χ1) is 24.9. The van der Waals surface area contributed by atoms with Crippen LogP contribution in [0, 0.1) is 23.7 Å². The lowest BCUT2D eigenvalue weighted by Crippen LogP contribution is -2.60. The van der Waals surface area contributed by atoms with E-state index < -0.39 is 83.4 Å². The summed E-state index contributed by atoms with van der Waals surface area (Å²) in [5, 5.41) is 11.4. The topological polar surface area (TPSA) is 141 Å². The normalized spacial score (nSPS) is 39.2. The molecule has 3 aliphatic heterocycles. The summed E-state index contributed by atoms with van der Waals surface area (Å²) in [6.07, 6.45) is 0.488. The first kappa shape index (κ1) is 42.6. The van der Waals surface area contributed by atoms with E-state index in [1.807, 2.05) is 75.3 Å². The maximum atomic E-state index is 14.6. The van der Waals surface area contributed by atoms with Crippen molar-refractivity contribution in [3.63, 3.8) is 0 Å². The molecule has 0 unspecified atom stereocenters. The van der Waals surface area contributed by atoms with Crippen molar-refractivity contribution in [2.45, 2.75) is 135 Å². The molecule has 3 saturated heterocycles. The number of likely N-dealkylation sites (N-methyl/N-ethyl adjacent to an activating group) is 1. The van der Waals surface area contributed by atoms with E-state index in [-0.39, 0.29) is 37.3 Å². The molecule has 296 valence electrons. The number of hydrogen-bond donors (Lipinski definition) is 1. The Bertz CT molecular complexity index is 1470. The van der Waals surface area contributed by atoms with Gasteiger partial charge >= 0.3 is 12.1 Å². The fraction of sp³-hybridized carbons (Fsp3) is 0.707. The number of fused-ring (bicyclic) bond motifs is 1. The smallest absolute Gasteiger partial charge is 0.411 e. The summed E-state index contributed by atoms with van der Waals surface area (Å²) in [6, 6.07) is 8.86. The van der Waals surface area contributed by atoms with E-state index in [0.29, 0.717) is 12.8 Å². The van der Waals surface area contributed by atoms with Crippen molar-refractivity contribution in [1.29, 1.82) is 0 Å². The molecule has 1 amide bonds. The molecule has 4 rings (SSSR count). The van der Waals surface area contributed by atoms with Crippen LogP contribution in [0.25, 0.3) is 0 Å². The highest BCUT2D eigenvalue weighted by molar-refractivity contribution is 6.00. The molecule has 3 aliphatic rings. The molecule has 0 aliphatic carbocycles. The Morgan fingerprint density at radius 2 is 1.64 bits per heavy atom. The molecular formula is C41H62N2O10. The predicted molar refractivity (Wildman–Crippen MR) is 199 cm³/mol. The zero-order valence-electron chi connectivity index (χ0n) is 33.4. The van der Waals surface area contributed by atoms with E-state index in [9.17, 15) is 24.3 Å². The van der Waals surface area contributed by atoms with Gasteiger partial charge in [0.1, 0.15) is 23.9 Å². The molecule has 3 heterocycles. The maximum absolute atomic E-state index is 14.6. The molecule has 1 aromatic rings. The second-order valence-electron chi connectivity index (χ2n) is 16.0. The van der Waals surface area contributed by atoms with Gasteiger partial charge in [0.25, 0.3) is 0 Å². The van der Waals surface area contributed by atoms with E-state index in [4.69, 9.17) is 23.7 Å². The Morgan fingerprint density at radius 1 is 0.981 bits per heavy atom. The van der Waals surface area contributed by atoms with Crippen molar-refractivity contribution >= 4 is 23.6 Å². The fourth-order valence-corrected chi connectivity index (χ4v) is 8.69. The Kier molecular flexibility index (Phi) is 14.1. The highest BCUT2D eigenvalue weighted by Gasteiger charge is 2.60. The zero-order chi connectivity index (χ0) is 39.4. The number of hydrogen-bond acceptors (Lipinski definition) is 11. The van der Waals surface area contributed by atoms with Crippen molar-refractivity contribution in [2.24, 2.45) is 23.7 Å². The number of rotatable bonds is 9. The van der Waals surface area contributed by atoms with E-state index >= 15 is 0 Å². The Labute approximate surface area is 315 Å². The van der Waals surface area contributed by atoms with E-state index in [0.717, 1.165) is 5.56 Å². The van der Waals surface area contributed by atoms with E-state index in [1.165, 1.54) is 14.0 Å². The number of aliphatic hydroxyl groups is 1. The summed E-state index contributed by atoms with van der Waals surface area (Å²) < 4.78 is 31.0. The lowest BCUT2D eigenvalue weighted by atomic mass is 9.73. The number of esters is 1. The maximum Gasteiger partial charge on any atom is 0.411 e. The average molecular weight is 743 g/mol. The summed E-state index contributed by atoms with van der Waals surface area (Å²) in [6.45, 7) is 14.1. The molecule has 12 nitrogen and oxygen atoms in total. The van der Waals surface area contributed by atoms with Crippen molar-refractivity contribution in [3.8, 4) is 0 Å². The molecule has 0 aromatic heterocycles. The van der Waals surface area contributed by atoms with Crippen LogP contribution in [0.1, 0.15) is 80.2 Å². The molecule has 13 atom stereocenters. The van der Waals surface area contributed by atoms with Gasteiger partial charge in [0.15, 0.2) is 17.7 Å². The number of carbonyl (C=O) groups excluding carboxylic acids is 4. The quantitative estimate of drug-likeness (QED) is 0.208. The summed E-state index contributed by atoms with van der Waals surface area (Å²) in [5.74, 6) is -4.92. The van der Waals surface area contributed by atoms with Crippen LogP contribution in [0.2, 0.25) is 0 Å². The van der Waals surface area contributed by atoms with Crippen LogP contribution in [-0.2, 0) is 44.5 Å². The monoisotopic (exact) mass is 742 g/mol. The third kappa shape index (κ3) is 9.05. The summed E-state index contributed by atoms with van der Waals surface area (Å²) in [7, 11) is 5.24. The zero-order valence-corrected chi connectivity index (χ0v) is 33.4. The van der Waals surface area contributed by atoms with Crippen LogP contribution < -0.4 is 0 Å². The number of benzene rings is 1. The number of carbonyl (C=O) groups is 4. The Hall–Kier alpha value is -3.16. The highest BCUT2D eigenvalue weighted by Crippen LogP contribution is 2.43.